The van der Waals surface area contributed by atoms with E-state index >= 15 is 0 Å². The molecule has 0 spiro atoms. The van der Waals surface area contributed by atoms with E-state index in [1.807, 2.05) is 73.7 Å². The second-order valence-electron chi connectivity index (χ2n) is 5.07. The third-order valence-electron chi connectivity index (χ3n) is 3.53. The quantitative estimate of drug-likeness (QED) is 0.507. The molecule has 0 saturated heterocycles. The summed E-state index contributed by atoms with van der Waals surface area (Å²) in [5, 5.41) is 0. The Morgan fingerprint density at radius 1 is 0.773 bits per heavy atom. The van der Waals surface area contributed by atoms with Gasteiger partial charge in [-0.1, -0.05) is 66.7 Å². The van der Waals surface area contributed by atoms with Crippen molar-refractivity contribution < 1.29 is 9.53 Å². The zero-order valence-electron chi connectivity index (χ0n) is 12.3. The van der Waals surface area contributed by atoms with E-state index in [4.69, 9.17) is 4.74 Å². The van der Waals surface area contributed by atoms with Gasteiger partial charge in [-0.2, -0.15) is 0 Å². The van der Waals surface area contributed by atoms with Gasteiger partial charge in [-0.25, -0.2) is 4.79 Å². The summed E-state index contributed by atoms with van der Waals surface area (Å²) in [4.78, 5) is 12.5. The number of benzene rings is 3. The minimum Gasteiger partial charge on any atom is -0.423 e. The molecule has 0 aliphatic rings. The first-order valence-corrected chi connectivity index (χ1v) is 7.18. The average molecular weight is 288 g/mol. The van der Waals surface area contributed by atoms with Crippen molar-refractivity contribution in [2.75, 3.05) is 0 Å². The first-order chi connectivity index (χ1) is 10.8. The van der Waals surface area contributed by atoms with Crippen LogP contribution in [0.1, 0.15) is 15.9 Å². The number of rotatable bonds is 3. The fourth-order valence-electron chi connectivity index (χ4n) is 2.36. The van der Waals surface area contributed by atoms with Crippen LogP contribution in [0.5, 0.6) is 5.75 Å². The van der Waals surface area contributed by atoms with Gasteiger partial charge in [0.1, 0.15) is 5.75 Å². The highest BCUT2D eigenvalue weighted by Gasteiger charge is 2.15. The molecule has 108 valence electrons. The van der Waals surface area contributed by atoms with Crippen LogP contribution in [0.15, 0.2) is 78.9 Å². The van der Waals surface area contributed by atoms with Crippen LogP contribution < -0.4 is 4.74 Å². The SMILES string of the molecule is Cc1ccccc1OC(=O)c1ccccc1-c1ccccc1. The molecule has 0 unspecified atom stereocenters. The van der Waals surface area contributed by atoms with E-state index in [9.17, 15) is 4.79 Å². The van der Waals surface area contributed by atoms with E-state index in [1.165, 1.54) is 0 Å². The van der Waals surface area contributed by atoms with Crippen LogP contribution in [0.2, 0.25) is 0 Å². The zero-order chi connectivity index (χ0) is 15.4. The van der Waals surface area contributed by atoms with Crippen molar-refractivity contribution in [1.29, 1.82) is 0 Å². The molecule has 0 fully saturated rings. The highest BCUT2D eigenvalue weighted by Crippen LogP contribution is 2.25. The van der Waals surface area contributed by atoms with E-state index in [1.54, 1.807) is 12.1 Å². The third-order valence-corrected chi connectivity index (χ3v) is 3.53. The molecule has 0 aliphatic heterocycles. The molecule has 22 heavy (non-hydrogen) atoms. The lowest BCUT2D eigenvalue weighted by Gasteiger charge is -2.11. The van der Waals surface area contributed by atoms with Crippen molar-refractivity contribution in [2.24, 2.45) is 0 Å². The van der Waals surface area contributed by atoms with Gasteiger partial charge in [0.25, 0.3) is 0 Å². The van der Waals surface area contributed by atoms with Gasteiger partial charge in [0.15, 0.2) is 0 Å². The number of esters is 1. The smallest absolute Gasteiger partial charge is 0.344 e. The second-order valence-corrected chi connectivity index (χ2v) is 5.07. The largest absolute Gasteiger partial charge is 0.423 e. The van der Waals surface area contributed by atoms with E-state index in [0.717, 1.165) is 16.7 Å². The highest BCUT2D eigenvalue weighted by molar-refractivity contribution is 5.98. The molecule has 0 bridgehead atoms. The monoisotopic (exact) mass is 288 g/mol. The second kappa shape index (κ2) is 6.27. The molecule has 0 radical (unpaired) electrons. The highest BCUT2D eigenvalue weighted by atomic mass is 16.5. The Balaban J connectivity index is 1.96. The normalized spacial score (nSPS) is 10.2. The molecule has 2 nitrogen and oxygen atoms in total. The lowest BCUT2D eigenvalue weighted by molar-refractivity contribution is 0.0734. The van der Waals surface area contributed by atoms with Crippen LogP contribution >= 0.6 is 0 Å². The molecule has 0 N–H and O–H groups in total. The number of hydrogen-bond acceptors (Lipinski definition) is 2. The lowest BCUT2D eigenvalue weighted by Crippen LogP contribution is -2.10. The molecule has 0 heterocycles. The summed E-state index contributed by atoms with van der Waals surface area (Å²) in [7, 11) is 0. The molecular formula is C20H16O2. The molecular weight excluding hydrogens is 272 g/mol. The predicted molar refractivity (Wildman–Crippen MR) is 88.0 cm³/mol. The predicted octanol–water partition coefficient (Wildman–Crippen LogP) is 4.88. The van der Waals surface area contributed by atoms with E-state index < -0.39 is 0 Å². The Kier molecular flexibility index (Phi) is 4.01. The van der Waals surface area contributed by atoms with Gasteiger partial charge in [-0.3, -0.25) is 0 Å². The number of para-hydroxylation sites is 1. The Morgan fingerprint density at radius 2 is 1.41 bits per heavy atom. The van der Waals surface area contributed by atoms with Crippen LogP contribution in [0.25, 0.3) is 11.1 Å². The Bertz CT molecular complexity index is 792. The number of ether oxygens (including phenoxy) is 1. The summed E-state index contributed by atoms with van der Waals surface area (Å²) in [5.74, 6) is 0.254. The van der Waals surface area contributed by atoms with Gasteiger partial charge in [0, 0.05) is 0 Å². The van der Waals surface area contributed by atoms with Crippen LogP contribution in [0.3, 0.4) is 0 Å². The summed E-state index contributed by atoms with van der Waals surface area (Å²) in [6.07, 6.45) is 0. The van der Waals surface area contributed by atoms with Gasteiger partial charge < -0.3 is 4.74 Å². The standard InChI is InChI=1S/C20H16O2/c1-15-9-5-8-14-19(15)22-20(21)18-13-7-6-12-17(18)16-10-3-2-4-11-16/h2-14H,1H3. The summed E-state index contributed by atoms with van der Waals surface area (Å²) >= 11 is 0. The fraction of sp³-hybridized carbons (Fsp3) is 0.0500. The minimum atomic E-state index is -0.339. The van der Waals surface area contributed by atoms with Crippen molar-refractivity contribution in [3.05, 3.63) is 90.0 Å². The Morgan fingerprint density at radius 3 is 2.18 bits per heavy atom. The maximum absolute atomic E-state index is 12.5. The van der Waals surface area contributed by atoms with Crippen molar-refractivity contribution in [1.82, 2.24) is 0 Å². The van der Waals surface area contributed by atoms with E-state index in [0.29, 0.717) is 11.3 Å². The summed E-state index contributed by atoms with van der Waals surface area (Å²) in [6.45, 7) is 1.92. The van der Waals surface area contributed by atoms with Crippen LogP contribution in [0.4, 0.5) is 0 Å². The van der Waals surface area contributed by atoms with Crippen molar-refractivity contribution >= 4 is 5.97 Å². The minimum absolute atomic E-state index is 0.339. The molecule has 3 aromatic rings. The van der Waals surface area contributed by atoms with Gasteiger partial charge >= 0.3 is 5.97 Å². The van der Waals surface area contributed by atoms with Gasteiger partial charge in [-0.05, 0) is 35.7 Å². The average Bonchev–Trinajstić information content (AvgIpc) is 2.58. The van der Waals surface area contributed by atoms with Crippen molar-refractivity contribution in [3.8, 4) is 16.9 Å². The van der Waals surface area contributed by atoms with Gasteiger partial charge in [-0.15, -0.1) is 0 Å². The Hall–Kier alpha value is -2.87. The van der Waals surface area contributed by atoms with Crippen LogP contribution in [-0.4, -0.2) is 5.97 Å². The molecule has 3 aromatic carbocycles. The number of carbonyl (C=O) groups excluding carboxylic acids is 1. The maximum atomic E-state index is 12.5. The topological polar surface area (TPSA) is 26.3 Å². The molecule has 0 aromatic heterocycles. The summed E-state index contributed by atoms with van der Waals surface area (Å²) in [6, 6.07) is 24.9. The first kappa shape index (κ1) is 14.1. The van der Waals surface area contributed by atoms with E-state index in [-0.39, 0.29) is 5.97 Å². The third kappa shape index (κ3) is 2.91. The van der Waals surface area contributed by atoms with Crippen LogP contribution in [-0.2, 0) is 0 Å². The molecule has 0 aliphatic carbocycles. The maximum Gasteiger partial charge on any atom is 0.344 e. The molecule has 2 heteroatoms. The first-order valence-electron chi connectivity index (χ1n) is 7.18. The number of carbonyl (C=O) groups is 1. The molecule has 0 saturated carbocycles. The fourth-order valence-corrected chi connectivity index (χ4v) is 2.36. The van der Waals surface area contributed by atoms with Crippen LogP contribution in [0, 0.1) is 6.92 Å². The zero-order valence-corrected chi connectivity index (χ0v) is 12.3. The van der Waals surface area contributed by atoms with E-state index in [2.05, 4.69) is 0 Å². The summed E-state index contributed by atoms with van der Waals surface area (Å²) < 4.78 is 5.55. The molecule has 0 atom stereocenters. The number of aryl methyl sites for hydroxylation is 1. The number of hydrogen-bond donors (Lipinski definition) is 0. The van der Waals surface area contributed by atoms with Crippen molar-refractivity contribution in [2.45, 2.75) is 6.92 Å². The van der Waals surface area contributed by atoms with Gasteiger partial charge in [0.2, 0.25) is 0 Å². The Labute approximate surface area is 130 Å². The van der Waals surface area contributed by atoms with Crippen molar-refractivity contribution in [3.63, 3.8) is 0 Å². The summed E-state index contributed by atoms with van der Waals surface area (Å²) in [5.41, 5.74) is 3.38. The lowest BCUT2D eigenvalue weighted by atomic mass is 10.00. The molecule has 3 rings (SSSR count). The van der Waals surface area contributed by atoms with Gasteiger partial charge in [0.05, 0.1) is 5.56 Å². The molecule has 0 amide bonds.